The van der Waals surface area contributed by atoms with Crippen LogP contribution in [0.1, 0.15) is 18.4 Å². The maximum absolute atomic E-state index is 9.18. The Morgan fingerprint density at radius 3 is 2.85 bits per heavy atom. The van der Waals surface area contributed by atoms with Gasteiger partial charge in [0.2, 0.25) is 0 Å². The number of nitrogens with one attached hydrogen (secondary N) is 1. The van der Waals surface area contributed by atoms with Crippen molar-refractivity contribution in [1.82, 2.24) is 9.78 Å². The molecule has 20 heavy (non-hydrogen) atoms. The van der Waals surface area contributed by atoms with Crippen LogP contribution in [0.2, 0.25) is 0 Å². The molecule has 0 radical (unpaired) electrons. The van der Waals surface area contributed by atoms with Gasteiger partial charge in [-0.3, -0.25) is 0 Å². The number of rotatable bonds is 6. The lowest BCUT2D eigenvalue weighted by atomic mass is 10.1. The maximum Gasteiger partial charge on any atom is 0.125 e. The van der Waals surface area contributed by atoms with Gasteiger partial charge in [-0.05, 0) is 31.2 Å². The second-order valence-corrected chi connectivity index (χ2v) is 5.50. The van der Waals surface area contributed by atoms with Crippen LogP contribution in [0, 0.1) is 12.8 Å². The van der Waals surface area contributed by atoms with Crippen molar-refractivity contribution < 1.29 is 5.11 Å². The van der Waals surface area contributed by atoms with Crippen LogP contribution in [0.3, 0.4) is 0 Å². The minimum Gasteiger partial charge on any atom is -0.394 e. The largest absolute Gasteiger partial charge is 0.394 e. The molecule has 0 saturated heterocycles. The monoisotopic (exact) mass is 271 g/mol. The van der Waals surface area contributed by atoms with Gasteiger partial charge in [0.15, 0.2) is 0 Å². The van der Waals surface area contributed by atoms with Crippen LogP contribution in [-0.4, -0.2) is 28.0 Å². The number of anilines is 1. The SMILES string of the molecule is Cc1ccccc1-c1cc(NCC2CC2)n(CCO)n1. The van der Waals surface area contributed by atoms with E-state index < -0.39 is 0 Å². The second-order valence-electron chi connectivity index (χ2n) is 5.50. The molecule has 106 valence electrons. The summed E-state index contributed by atoms with van der Waals surface area (Å²) in [4.78, 5) is 0. The number of aryl methyl sites for hydroxylation is 1. The Bertz CT molecular complexity index is 587. The summed E-state index contributed by atoms with van der Waals surface area (Å²) >= 11 is 0. The minimum absolute atomic E-state index is 0.104. The van der Waals surface area contributed by atoms with Gasteiger partial charge >= 0.3 is 0 Å². The average molecular weight is 271 g/mol. The molecule has 3 rings (SSSR count). The summed E-state index contributed by atoms with van der Waals surface area (Å²) in [5.41, 5.74) is 3.34. The number of nitrogens with zero attached hydrogens (tertiary/aromatic N) is 2. The Labute approximate surface area is 119 Å². The summed E-state index contributed by atoms with van der Waals surface area (Å²) in [7, 11) is 0. The molecule has 2 N–H and O–H groups in total. The van der Waals surface area contributed by atoms with Crippen molar-refractivity contribution in [2.24, 2.45) is 5.92 Å². The van der Waals surface area contributed by atoms with Crippen LogP contribution in [-0.2, 0) is 6.54 Å². The number of benzene rings is 1. The average Bonchev–Trinajstić information content (AvgIpc) is 3.19. The van der Waals surface area contributed by atoms with Gasteiger partial charge in [-0.2, -0.15) is 5.10 Å². The van der Waals surface area contributed by atoms with Gasteiger partial charge in [0.25, 0.3) is 0 Å². The van der Waals surface area contributed by atoms with Gasteiger partial charge in [-0.25, -0.2) is 4.68 Å². The lowest BCUT2D eigenvalue weighted by molar-refractivity contribution is 0.270. The van der Waals surface area contributed by atoms with E-state index in [9.17, 15) is 5.11 Å². The first kappa shape index (κ1) is 13.2. The molecule has 0 unspecified atom stereocenters. The van der Waals surface area contributed by atoms with Gasteiger partial charge in [0.05, 0.1) is 18.8 Å². The molecule has 4 nitrogen and oxygen atoms in total. The van der Waals surface area contributed by atoms with Crippen molar-refractivity contribution in [2.45, 2.75) is 26.3 Å². The zero-order chi connectivity index (χ0) is 13.9. The molecule has 0 aliphatic heterocycles. The zero-order valence-corrected chi connectivity index (χ0v) is 11.8. The topological polar surface area (TPSA) is 50.1 Å². The molecule has 0 atom stereocenters. The van der Waals surface area contributed by atoms with E-state index in [1.807, 2.05) is 16.8 Å². The molecule has 0 bridgehead atoms. The Morgan fingerprint density at radius 1 is 1.35 bits per heavy atom. The van der Waals surface area contributed by atoms with Gasteiger partial charge in [-0.1, -0.05) is 24.3 Å². The van der Waals surface area contributed by atoms with Crippen LogP contribution in [0.4, 0.5) is 5.82 Å². The Kier molecular flexibility index (Phi) is 3.74. The number of aromatic nitrogens is 2. The molecule has 1 fully saturated rings. The van der Waals surface area contributed by atoms with Gasteiger partial charge in [0, 0.05) is 18.2 Å². The Morgan fingerprint density at radius 2 is 2.15 bits per heavy atom. The van der Waals surface area contributed by atoms with E-state index in [2.05, 4.69) is 35.5 Å². The molecule has 0 spiro atoms. The fourth-order valence-electron chi connectivity index (χ4n) is 2.39. The first-order valence-electron chi connectivity index (χ1n) is 7.26. The molecule has 1 aliphatic rings. The standard InChI is InChI=1S/C16H21N3O/c1-12-4-2-3-5-14(12)15-10-16(17-11-13-6-7-13)19(18-15)8-9-20/h2-5,10,13,17,20H,6-9,11H2,1H3. The molecule has 1 heterocycles. The maximum atomic E-state index is 9.18. The fourth-order valence-corrected chi connectivity index (χ4v) is 2.39. The van der Waals surface area contributed by atoms with Crippen LogP contribution in [0.15, 0.2) is 30.3 Å². The van der Waals surface area contributed by atoms with E-state index in [1.165, 1.54) is 18.4 Å². The molecule has 1 aliphatic carbocycles. The molecule has 4 heteroatoms. The van der Waals surface area contributed by atoms with Crippen molar-refractivity contribution in [3.63, 3.8) is 0 Å². The summed E-state index contributed by atoms with van der Waals surface area (Å²) < 4.78 is 1.87. The lowest BCUT2D eigenvalue weighted by Crippen LogP contribution is -2.11. The fraction of sp³-hybridized carbons (Fsp3) is 0.438. The smallest absolute Gasteiger partial charge is 0.125 e. The zero-order valence-electron chi connectivity index (χ0n) is 11.8. The van der Waals surface area contributed by atoms with Crippen molar-refractivity contribution in [1.29, 1.82) is 0 Å². The molecular weight excluding hydrogens is 250 g/mol. The second kappa shape index (κ2) is 5.67. The Balaban J connectivity index is 1.87. The number of hydrogen-bond donors (Lipinski definition) is 2. The molecular formula is C16H21N3O. The predicted octanol–water partition coefficient (Wildman–Crippen LogP) is 2.67. The van der Waals surface area contributed by atoms with E-state index in [0.717, 1.165) is 29.5 Å². The summed E-state index contributed by atoms with van der Waals surface area (Å²) in [5.74, 6) is 1.82. The Hall–Kier alpha value is -1.81. The van der Waals surface area contributed by atoms with Gasteiger partial charge in [0.1, 0.15) is 5.82 Å². The van der Waals surface area contributed by atoms with E-state index in [-0.39, 0.29) is 6.61 Å². The lowest BCUT2D eigenvalue weighted by Gasteiger charge is -2.07. The number of aliphatic hydroxyl groups excluding tert-OH is 1. The molecule has 1 aromatic carbocycles. The van der Waals surface area contributed by atoms with E-state index in [0.29, 0.717) is 6.54 Å². The highest BCUT2D eigenvalue weighted by Gasteiger charge is 2.21. The minimum atomic E-state index is 0.104. The first-order chi connectivity index (χ1) is 9.78. The third-order valence-corrected chi connectivity index (χ3v) is 3.78. The van der Waals surface area contributed by atoms with Gasteiger partial charge < -0.3 is 10.4 Å². The molecule has 2 aromatic rings. The predicted molar refractivity (Wildman–Crippen MR) is 80.7 cm³/mol. The van der Waals surface area contributed by atoms with E-state index >= 15 is 0 Å². The highest BCUT2D eigenvalue weighted by Crippen LogP contribution is 2.30. The van der Waals surface area contributed by atoms with Crippen LogP contribution >= 0.6 is 0 Å². The molecule has 1 aromatic heterocycles. The van der Waals surface area contributed by atoms with E-state index in [4.69, 9.17) is 0 Å². The number of aliphatic hydroxyl groups is 1. The molecule has 1 saturated carbocycles. The summed E-state index contributed by atoms with van der Waals surface area (Å²) in [6.07, 6.45) is 2.65. The van der Waals surface area contributed by atoms with Crippen LogP contribution < -0.4 is 5.32 Å². The van der Waals surface area contributed by atoms with Crippen molar-refractivity contribution >= 4 is 5.82 Å². The highest BCUT2D eigenvalue weighted by molar-refractivity contribution is 5.66. The summed E-state index contributed by atoms with van der Waals surface area (Å²) in [6.45, 7) is 3.73. The highest BCUT2D eigenvalue weighted by atomic mass is 16.3. The normalized spacial score (nSPS) is 14.5. The first-order valence-corrected chi connectivity index (χ1v) is 7.26. The summed E-state index contributed by atoms with van der Waals surface area (Å²) in [5, 5.41) is 17.3. The number of hydrogen-bond acceptors (Lipinski definition) is 3. The third-order valence-electron chi connectivity index (χ3n) is 3.78. The van der Waals surface area contributed by atoms with E-state index in [1.54, 1.807) is 0 Å². The molecule has 0 amide bonds. The van der Waals surface area contributed by atoms with Gasteiger partial charge in [-0.15, -0.1) is 0 Å². The van der Waals surface area contributed by atoms with Crippen LogP contribution in [0.25, 0.3) is 11.3 Å². The van der Waals surface area contributed by atoms with Crippen molar-refractivity contribution in [3.05, 3.63) is 35.9 Å². The van der Waals surface area contributed by atoms with Crippen molar-refractivity contribution in [2.75, 3.05) is 18.5 Å². The quantitative estimate of drug-likeness (QED) is 0.849. The summed E-state index contributed by atoms with van der Waals surface area (Å²) in [6, 6.07) is 10.3. The van der Waals surface area contributed by atoms with Crippen LogP contribution in [0.5, 0.6) is 0 Å². The third kappa shape index (κ3) is 2.85. The van der Waals surface area contributed by atoms with Crippen molar-refractivity contribution in [3.8, 4) is 11.3 Å².